The highest BCUT2D eigenvalue weighted by Crippen LogP contribution is 2.24. The van der Waals surface area contributed by atoms with Crippen molar-refractivity contribution in [1.29, 1.82) is 0 Å². The lowest BCUT2D eigenvalue weighted by Crippen LogP contribution is -2.34. The standard InChI is InChI=1S/C15H16Cl2O5/c1-3-21-14(19)11(13(18)15(20)22-4-2)7-9-5-6-10(16)8-12(9)17/h5-6,8,11H,3-4,7H2,1-2H3. The van der Waals surface area contributed by atoms with Gasteiger partial charge in [0.2, 0.25) is 0 Å². The van der Waals surface area contributed by atoms with E-state index in [1.807, 2.05) is 0 Å². The minimum absolute atomic E-state index is 0.0435. The van der Waals surface area contributed by atoms with Crippen LogP contribution in [0.4, 0.5) is 0 Å². The van der Waals surface area contributed by atoms with Crippen LogP contribution in [0, 0.1) is 5.92 Å². The van der Waals surface area contributed by atoms with Crippen molar-refractivity contribution in [2.45, 2.75) is 20.3 Å². The molecule has 0 fully saturated rings. The second-order valence-corrected chi connectivity index (χ2v) is 5.17. The Labute approximate surface area is 138 Å². The fraction of sp³-hybridized carbons (Fsp3) is 0.400. The van der Waals surface area contributed by atoms with Crippen LogP contribution in [0.25, 0.3) is 0 Å². The number of carbonyl (C=O) groups is 3. The summed E-state index contributed by atoms with van der Waals surface area (Å²) >= 11 is 11.8. The average molecular weight is 347 g/mol. The van der Waals surface area contributed by atoms with Gasteiger partial charge in [-0.15, -0.1) is 0 Å². The molecule has 0 saturated heterocycles. The minimum atomic E-state index is -1.29. The topological polar surface area (TPSA) is 69.7 Å². The zero-order valence-corrected chi connectivity index (χ0v) is 13.7. The quantitative estimate of drug-likeness (QED) is 0.431. The highest BCUT2D eigenvalue weighted by atomic mass is 35.5. The molecule has 0 aliphatic rings. The van der Waals surface area contributed by atoms with Crippen LogP contribution in [0.1, 0.15) is 19.4 Å². The summed E-state index contributed by atoms with van der Waals surface area (Å²) in [4.78, 5) is 35.6. The summed E-state index contributed by atoms with van der Waals surface area (Å²) in [6.45, 7) is 3.32. The molecule has 0 amide bonds. The lowest BCUT2D eigenvalue weighted by molar-refractivity contribution is -0.162. The Hall–Kier alpha value is -1.59. The SMILES string of the molecule is CCOC(=O)C(=O)C(Cc1ccc(Cl)cc1Cl)C(=O)OCC. The number of rotatable bonds is 7. The molecule has 0 spiro atoms. The van der Waals surface area contributed by atoms with Crippen LogP contribution in [-0.2, 0) is 30.3 Å². The van der Waals surface area contributed by atoms with Crippen molar-refractivity contribution < 1.29 is 23.9 Å². The molecule has 0 bridgehead atoms. The molecule has 22 heavy (non-hydrogen) atoms. The fourth-order valence-corrected chi connectivity index (χ4v) is 2.26. The van der Waals surface area contributed by atoms with Gasteiger partial charge in [0.1, 0.15) is 5.92 Å². The number of carbonyl (C=O) groups excluding carboxylic acids is 3. The van der Waals surface area contributed by atoms with Crippen LogP contribution in [0.2, 0.25) is 10.0 Å². The monoisotopic (exact) mass is 346 g/mol. The Morgan fingerprint density at radius 3 is 2.27 bits per heavy atom. The van der Waals surface area contributed by atoms with Crippen molar-refractivity contribution in [1.82, 2.24) is 0 Å². The summed E-state index contributed by atoms with van der Waals surface area (Å²) < 4.78 is 9.50. The third-order valence-electron chi connectivity index (χ3n) is 2.80. The number of ether oxygens (including phenoxy) is 2. The van der Waals surface area contributed by atoms with E-state index in [1.54, 1.807) is 26.0 Å². The lowest BCUT2D eigenvalue weighted by atomic mass is 9.95. The van der Waals surface area contributed by atoms with Crippen LogP contribution in [0.5, 0.6) is 0 Å². The van der Waals surface area contributed by atoms with Crippen molar-refractivity contribution in [3.63, 3.8) is 0 Å². The highest BCUT2D eigenvalue weighted by Gasteiger charge is 2.34. The van der Waals surface area contributed by atoms with Crippen molar-refractivity contribution in [2.24, 2.45) is 5.92 Å². The molecule has 1 aromatic rings. The molecule has 0 aliphatic carbocycles. The van der Waals surface area contributed by atoms with E-state index in [0.29, 0.717) is 15.6 Å². The average Bonchev–Trinajstić information content (AvgIpc) is 2.46. The normalized spacial score (nSPS) is 11.6. The van der Waals surface area contributed by atoms with Gasteiger partial charge in [0.15, 0.2) is 0 Å². The Morgan fingerprint density at radius 1 is 1.09 bits per heavy atom. The van der Waals surface area contributed by atoms with E-state index in [9.17, 15) is 14.4 Å². The van der Waals surface area contributed by atoms with E-state index in [4.69, 9.17) is 27.9 Å². The van der Waals surface area contributed by atoms with Crippen molar-refractivity contribution >= 4 is 40.9 Å². The number of hydrogen-bond donors (Lipinski definition) is 0. The maximum Gasteiger partial charge on any atom is 0.375 e. The van der Waals surface area contributed by atoms with E-state index >= 15 is 0 Å². The van der Waals surface area contributed by atoms with Gasteiger partial charge in [-0.05, 0) is 38.0 Å². The highest BCUT2D eigenvalue weighted by molar-refractivity contribution is 6.38. The number of hydrogen-bond acceptors (Lipinski definition) is 5. The minimum Gasteiger partial charge on any atom is -0.465 e. The molecular weight excluding hydrogens is 331 g/mol. The first-order valence-corrected chi connectivity index (χ1v) is 7.47. The molecule has 1 atom stereocenters. The summed E-state index contributed by atoms with van der Waals surface area (Å²) in [6.07, 6.45) is -0.0630. The smallest absolute Gasteiger partial charge is 0.375 e. The largest absolute Gasteiger partial charge is 0.465 e. The molecule has 5 nitrogen and oxygen atoms in total. The molecule has 0 heterocycles. The van der Waals surface area contributed by atoms with E-state index in [0.717, 1.165) is 0 Å². The molecule has 1 rings (SSSR count). The summed E-state index contributed by atoms with van der Waals surface area (Å²) in [5, 5.41) is 0.733. The van der Waals surface area contributed by atoms with Gasteiger partial charge in [-0.25, -0.2) is 4.79 Å². The molecule has 0 aromatic heterocycles. The second kappa shape index (κ2) is 8.76. The molecule has 0 aliphatic heterocycles. The van der Waals surface area contributed by atoms with Crippen LogP contribution in [-0.4, -0.2) is 30.9 Å². The van der Waals surface area contributed by atoms with Gasteiger partial charge in [0.25, 0.3) is 5.78 Å². The number of esters is 2. The molecule has 0 radical (unpaired) electrons. The molecule has 1 aromatic carbocycles. The van der Waals surface area contributed by atoms with Crippen LogP contribution >= 0.6 is 23.2 Å². The lowest BCUT2D eigenvalue weighted by Gasteiger charge is -2.14. The van der Waals surface area contributed by atoms with Crippen LogP contribution in [0.3, 0.4) is 0 Å². The predicted octanol–water partition coefficient (Wildman–Crippen LogP) is 2.85. The Kier molecular flexibility index (Phi) is 7.35. The van der Waals surface area contributed by atoms with Crippen molar-refractivity contribution in [3.8, 4) is 0 Å². The first-order valence-electron chi connectivity index (χ1n) is 6.72. The van der Waals surface area contributed by atoms with Gasteiger partial charge in [0, 0.05) is 10.0 Å². The second-order valence-electron chi connectivity index (χ2n) is 4.33. The number of halogens is 2. The van der Waals surface area contributed by atoms with Crippen LogP contribution in [0.15, 0.2) is 18.2 Å². The molecular formula is C15H16Cl2O5. The zero-order chi connectivity index (χ0) is 16.7. The number of Topliss-reactive ketones (excluding diaryl/α,β-unsaturated/α-hetero) is 1. The Bertz CT molecular complexity index is 571. The first kappa shape index (κ1) is 18.5. The van der Waals surface area contributed by atoms with E-state index in [1.165, 1.54) is 6.07 Å². The Morgan fingerprint density at radius 2 is 1.73 bits per heavy atom. The van der Waals surface area contributed by atoms with Gasteiger partial charge >= 0.3 is 11.9 Å². The first-order chi connectivity index (χ1) is 10.4. The molecule has 0 N–H and O–H groups in total. The van der Waals surface area contributed by atoms with Gasteiger partial charge in [-0.3, -0.25) is 9.59 Å². The molecule has 0 saturated carbocycles. The third kappa shape index (κ3) is 5.00. The van der Waals surface area contributed by atoms with E-state index < -0.39 is 23.6 Å². The maximum absolute atomic E-state index is 12.1. The Balaban J connectivity index is 3.02. The van der Waals surface area contributed by atoms with Crippen LogP contribution < -0.4 is 0 Å². The van der Waals surface area contributed by atoms with Crippen molar-refractivity contribution in [3.05, 3.63) is 33.8 Å². The maximum atomic E-state index is 12.1. The fourth-order valence-electron chi connectivity index (χ4n) is 1.78. The zero-order valence-electron chi connectivity index (χ0n) is 12.2. The molecule has 1 unspecified atom stereocenters. The van der Waals surface area contributed by atoms with Gasteiger partial charge in [0.05, 0.1) is 13.2 Å². The van der Waals surface area contributed by atoms with Gasteiger partial charge in [-0.2, -0.15) is 0 Å². The number of benzene rings is 1. The summed E-state index contributed by atoms with van der Waals surface area (Å²) in [6, 6.07) is 4.67. The van der Waals surface area contributed by atoms with E-state index in [2.05, 4.69) is 4.74 Å². The van der Waals surface area contributed by atoms with Gasteiger partial charge in [-0.1, -0.05) is 29.3 Å². The van der Waals surface area contributed by atoms with Crippen molar-refractivity contribution in [2.75, 3.05) is 13.2 Å². The van der Waals surface area contributed by atoms with Gasteiger partial charge < -0.3 is 9.47 Å². The summed E-state index contributed by atoms with van der Waals surface area (Å²) in [5.41, 5.74) is 0.516. The summed E-state index contributed by atoms with van der Waals surface area (Å²) in [7, 11) is 0. The predicted molar refractivity (Wildman–Crippen MR) is 81.9 cm³/mol. The van der Waals surface area contributed by atoms with E-state index in [-0.39, 0.29) is 19.6 Å². The molecule has 7 heteroatoms. The number of ketones is 1. The third-order valence-corrected chi connectivity index (χ3v) is 3.39. The summed E-state index contributed by atoms with van der Waals surface area (Å²) in [5.74, 6) is -4.10. The molecule has 120 valence electrons.